The lowest BCUT2D eigenvalue weighted by Gasteiger charge is -2.30. The summed E-state index contributed by atoms with van der Waals surface area (Å²) in [6, 6.07) is 8.61. The fourth-order valence-electron chi connectivity index (χ4n) is 5.85. The molecule has 2 aromatic rings. The zero-order valence-corrected chi connectivity index (χ0v) is 19.5. The summed E-state index contributed by atoms with van der Waals surface area (Å²) in [7, 11) is 1.53. The number of aliphatic hydroxyl groups excluding tert-OH is 1. The fraction of sp³-hybridized carbons (Fsp3) is 0.571. The van der Waals surface area contributed by atoms with Crippen molar-refractivity contribution in [3.8, 4) is 5.75 Å². The van der Waals surface area contributed by atoms with Crippen LogP contribution in [0.5, 0.6) is 5.75 Å². The van der Waals surface area contributed by atoms with Gasteiger partial charge >= 0.3 is 0 Å². The van der Waals surface area contributed by atoms with E-state index in [9.17, 15) is 13.9 Å². The average Bonchev–Trinajstić information content (AvgIpc) is 2.85. The maximum Gasteiger partial charge on any atom is 0.162 e. The van der Waals surface area contributed by atoms with E-state index in [0.29, 0.717) is 40.7 Å². The van der Waals surface area contributed by atoms with Gasteiger partial charge < -0.3 is 9.84 Å². The highest BCUT2D eigenvalue weighted by Gasteiger charge is 2.29. The molecule has 2 aliphatic carbocycles. The van der Waals surface area contributed by atoms with Gasteiger partial charge in [0.2, 0.25) is 0 Å². The first-order valence-corrected chi connectivity index (χ1v) is 12.4. The molecule has 0 heterocycles. The normalized spacial score (nSPS) is 25.7. The first kappa shape index (κ1) is 24.1. The molecule has 2 saturated carbocycles. The van der Waals surface area contributed by atoms with Crippen molar-refractivity contribution in [1.29, 1.82) is 0 Å². The Morgan fingerprint density at radius 1 is 0.788 bits per heavy atom. The van der Waals surface area contributed by atoms with Gasteiger partial charge in [0.15, 0.2) is 11.6 Å². The molecular weight excluding hydrogens is 425 g/mol. The summed E-state index contributed by atoms with van der Waals surface area (Å²) < 4.78 is 49.3. The Balaban J connectivity index is 1.32. The quantitative estimate of drug-likeness (QED) is 0.470. The van der Waals surface area contributed by atoms with E-state index >= 15 is 4.39 Å². The van der Waals surface area contributed by atoms with E-state index in [0.717, 1.165) is 57.8 Å². The van der Waals surface area contributed by atoms with E-state index in [2.05, 4.69) is 0 Å². The average molecular weight is 461 g/mol. The summed E-state index contributed by atoms with van der Waals surface area (Å²) in [4.78, 5) is 0. The molecule has 2 aliphatic rings. The van der Waals surface area contributed by atoms with Crippen molar-refractivity contribution in [1.82, 2.24) is 0 Å². The maximum absolute atomic E-state index is 15.1. The van der Waals surface area contributed by atoms with Gasteiger partial charge in [-0.25, -0.2) is 13.2 Å². The largest absolute Gasteiger partial charge is 0.497 e. The standard InChI is InChI=1S/C28H35F3O2/c1-33-23-13-12-22(26(29)16-23)11-4-18-2-7-20(8-3-18)24-14-15-25(28(31)27(24)30)21-9-5-19(17-32)6-10-21/h12-16,18-21,32H,2-11,17H2,1H3. The Kier molecular flexibility index (Phi) is 8.00. The molecule has 0 unspecified atom stereocenters. The maximum atomic E-state index is 15.1. The van der Waals surface area contributed by atoms with Gasteiger partial charge in [-0.1, -0.05) is 18.2 Å². The van der Waals surface area contributed by atoms with Gasteiger partial charge in [-0.15, -0.1) is 0 Å². The molecule has 0 aromatic heterocycles. The lowest BCUT2D eigenvalue weighted by atomic mass is 9.75. The van der Waals surface area contributed by atoms with Crippen LogP contribution in [0.1, 0.15) is 86.3 Å². The van der Waals surface area contributed by atoms with Crippen molar-refractivity contribution in [2.24, 2.45) is 11.8 Å². The van der Waals surface area contributed by atoms with Gasteiger partial charge in [0.1, 0.15) is 11.6 Å². The molecule has 2 nitrogen and oxygen atoms in total. The summed E-state index contributed by atoms with van der Waals surface area (Å²) >= 11 is 0. The number of ether oxygens (including phenoxy) is 1. The third-order valence-corrected chi connectivity index (χ3v) is 8.06. The Labute approximate surface area is 195 Å². The number of benzene rings is 2. The molecule has 2 aromatic carbocycles. The highest BCUT2D eigenvalue weighted by molar-refractivity contribution is 5.32. The molecule has 1 N–H and O–H groups in total. The Morgan fingerprint density at radius 3 is 1.82 bits per heavy atom. The second-order valence-corrected chi connectivity index (χ2v) is 9.99. The molecule has 33 heavy (non-hydrogen) atoms. The predicted octanol–water partition coefficient (Wildman–Crippen LogP) is 7.29. The smallest absolute Gasteiger partial charge is 0.162 e. The molecule has 2 fully saturated rings. The van der Waals surface area contributed by atoms with E-state index in [-0.39, 0.29) is 24.3 Å². The van der Waals surface area contributed by atoms with Gasteiger partial charge in [0.25, 0.3) is 0 Å². The highest BCUT2D eigenvalue weighted by atomic mass is 19.2. The van der Waals surface area contributed by atoms with E-state index in [1.54, 1.807) is 18.2 Å². The SMILES string of the molecule is COc1ccc(CCC2CCC(c3ccc(C4CCC(CO)CC4)c(F)c3F)CC2)c(F)c1. The van der Waals surface area contributed by atoms with Crippen molar-refractivity contribution in [3.05, 3.63) is 64.5 Å². The van der Waals surface area contributed by atoms with Crippen molar-refractivity contribution in [2.75, 3.05) is 13.7 Å². The monoisotopic (exact) mass is 460 g/mol. The van der Waals surface area contributed by atoms with Crippen LogP contribution < -0.4 is 4.74 Å². The van der Waals surface area contributed by atoms with Gasteiger partial charge in [0, 0.05) is 12.7 Å². The van der Waals surface area contributed by atoms with E-state index in [4.69, 9.17) is 4.74 Å². The summed E-state index contributed by atoms with van der Waals surface area (Å²) in [5.41, 5.74) is 1.72. The molecule has 0 saturated heterocycles. The van der Waals surface area contributed by atoms with Gasteiger partial charge in [0.05, 0.1) is 7.11 Å². The minimum absolute atomic E-state index is 0.0467. The molecular formula is C28H35F3O2. The molecule has 0 radical (unpaired) electrons. The molecule has 180 valence electrons. The summed E-state index contributed by atoms with van der Waals surface area (Å²) in [6.07, 6.45) is 8.53. The summed E-state index contributed by atoms with van der Waals surface area (Å²) in [6.45, 7) is 0.181. The number of aliphatic hydroxyl groups is 1. The second-order valence-electron chi connectivity index (χ2n) is 9.99. The van der Waals surface area contributed by atoms with Crippen molar-refractivity contribution < 1.29 is 23.0 Å². The number of hydrogen-bond donors (Lipinski definition) is 1. The molecule has 0 atom stereocenters. The molecule has 5 heteroatoms. The zero-order chi connectivity index (χ0) is 23.4. The van der Waals surface area contributed by atoms with Crippen molar-refractivity contribution >= 4 is 0 Å². The number of methoxy groups -OCH3 is 1. The predicted molar refractivity (Wildman–Crippen MR) is 124 cm³/mol. The molecule has 0 spiro atoms. The number of rotatable bonds is 7. The van der Waals surface area contributed by atoms with E-state index in [1.807, 2.05) is 6.07 Å². The Hall–Kier alpha value is -2.01. The minimum Gasteiger partial charge on any atom is -0.497 e. The third-order valence-electron chi connectivity index (χ3n) is 8.06. The van der Waals surface area contributed by atoms with Crippen molar-refractivity contribution in [2.45, 2.75) is 76.0 Å². The molecule has 4 rings (SSSR count). The van der Waals surface area contributed by atoms with Crippen LogP contribution in [-0.4, -0.2) is 18.8 Å². The van der Waals surface area contributed by atoms with Crippen LogP contribution >= 0.6 is 0 Å². The van der Waals surface area contributed by atoms with Crippen molar-refractivity contribution in [3.63, 3.8) is 0 Å². The lowest BCUT2D eigenvalue weighted by Crippen LogP contribution is -2.18. The lowest BCUT2D eigenvalue weighted by molar-refractivity contribution is 0.181. The second kappa shape index (κ2) is 10.9. The molecule has 0 aliphatic heterocycles. The number of hydrogen-bond acceptors (Lipinski definition) is 2. The van der Waals surface area contributed by atoms with Gasteiger partial charge in [-0.2, -0.15) is 0 Å². The van der Waals surface area contributed by atoms with Crippen LogP contribution in [0.4, 0.5) is 13.2 Å². The Morgan fingerprint density at radius 2 is 1.33 bits per heavy atom. The first-order valence-electron chi connectivity index (χ1n) is 12.4. The molecule has 0 amide bonds. The third kappa shape index (κ3) is 5.56. The first-order chi connectivity index (χ1) is 16.0. The van der Waals surface area contributed by atoms with Crippen LogP contribution in [-0.2, 0) is 6.42 Å². The summed E-state index contributed by atoms with van der Waals surface area (Å²) in [5, 5.41) is 9.31. The highest BCUT2D eigenvalue weighted by Crippen LogP contribution is 2.42. The van der Waals surface area contributed by atoms with Crippen LogP contribution in [0.25, 0.3) is 0 Å². The fourth-order valence-corrected chi connectivity index (χ4v) is 5.85. The van der Waals surface area contributed by atoms with Crippen LogP contribution in [0.15, 0.2) is 30.3 Å². The van der Waals surface area contributed by atoms with E-state index in [1.165, 1.54) is 13.2 Å². The molecule has 0 bridgehead atoms. The topological polar surface area (TPSA) is 29.5 Å². The minimum atomic E-state index is -0.669. The Bertz CT molecular complexity index is 929. The van der Waals surface area contributed by atoms with Crippen LogP contribution in [0.2, 0.25) is 0 Å². The number of halogens is 3. The van der Waals surface area contributed by atoms with Crippen LogP contribution in [0.3, 0.4) is 0 Å². The van der Waals surface area contributed by atoms with Crippen LogP contribution in [0, 0.1) is 29.3 Å². The van der Waals surface area contributed by atoms with Gasteiger partial charge in [-0.3, -0.25) is 0 Å². The van der Waals surface area contributed by atoms with Gasteiger partial charge in [-0.05, 0) is 111 Å². The summed E-state index contributed by atoms with van der Waals surface area (Å²) in [5.74, 6) is -0.169. The number of aryl methyl sites for hydroxylation is 1. The van der Waals surface area contributed by atoms with E-state index < -0.39 is 11.6 Å². The zero-order valence-electron chi connectivity index (χ0n) is 19.5.